The molecule has 2 rings (SSSR count). The summed E-state index contributed by atoms with van der Waals surface area (Å²) in [4.78, 5) is 27.3. The van der Waals surface area contributed by atoms with Crippen molar-refractivity contribution < 1.29 is 18.0 Å². The number of nitrogens with one attached hydrogen (secondary N) is 1. The van der Waals surface area contributed by atoms with Crippen LogP contribution < -0.4 is 5.32 Å². The van der Waals surface area contributed by atoms with E-state index in [0.717, 1.165) is 17.1 Å². The number of carbonyl (C=O) groups excluding carboxylic acids is 2. The van der Waals surface area contributed by atoms with Crippen LogP contribution >= 0.6 is 34.8 Å². The van der Waals surface area contributed by atoms with Crippen molar-refractivity contribution in [1.29, 1.82) is 0 Å². The van der Waals surface area contributed by atoms with Crippen molar-refractivity contribution >= 4 is 56.6 Å². The van der Waals surface area contributed by atoms with Gasteiger partial charge in [0.15, 0.2) is 0 Å². The third-order valence-electron chi connectivity index (χ3n) is 5.27. The standard InChI is InChI=1S/C23H28Cl3N3O4S/c1-4-5-13-27-23(31)16(2)29(14-19-20(25)7-6-8-21(19)26)22(30)15-28(3)34(32,33)18-11-9-17(24)10-12-18/h6-12,16H,4-5,13-15H2,1-3H3,(H,27,31)/t16-/m1/s1. The van der Waals surface area contributed by atoms with E-state index in [1.807, 2.05) is 6.92 Å². The van der Waals surface area contributed by atoms with E-state index in [4.69, 9.17) is 34.8 Å². The molecule has 0 aromatic heterocycles. The van der Waals surface area contributed by atoms with Gasteiger partial charge in [0.05, 0.1) is 11.4 Å². The minimum atomic E-state index is -3.96. The van der Waals surface area contributed by atoms with E-state index in [1.54, 1.807) is 25.1 Å². The first-order valence-electron chi connectivity index (χ1n) is 10.7. The Morgan fingerprint density at radius 1 is 1.03 bits per heavy atom. The van der Waals surface area contributed by atoms with Gasteiger partial charge in [0.2, 0.25) is 21.8 Å². The number of unbranched alkanes of at least 4 members (excludes halogenated alkanes) is 1. The zero-order chi connectivity index (χ0) is 25.5. The zero-order valence-electron chi connectivity index (χ0n) is 19.2. The number of hydrogen-bond donors (Lipinski definition) is 1. The number of nitrogens with zero attached hydrogens (tertiary/aromatic N) is 2. The summed E-state index contributed by atoms with van der Waals surface area (Å²) in [6.07, 6.45) is 1.70. The summed E-state index contributed by atoms with van der Waals surface area (Å²) in [5.41, 5.74) is 0.468. The summed E-state index contributed by atoms with van der Waals surface area (Å²) in [6.45, 7) is 3.51. The molecule has 2 amide bonds. The number of benzene rings is 2. The lowest BCUT2D eigenvalue weighted by atomic mass is 10.1. The van der Waals surface area contributed by atoms with Crippen LogP contribution in [0.4, 0.5) is 0 Å². The van der Waals surface area contributed by atoms with Crippen LogP contribution in [0.2, 0.25) is 15.1 Å². The van der Waals surface area contributed by atoms with Gasteiger partial charge in [-0.15, -0.1) is 0 Å². The number of carbonyl (C=O) groups is 2. The second-order valence-corrected chi connectivity index (χ2v) is 11.1. The Labute approximate surface area is 216 Å². The van der Waals surface area contributed by atoms with E-state index in [2.05, 4.69) is 5.32 Å². The van der Waals surface area contributed by atoms with Crippen LogP contribution in [0.1, 0.15) is 32.3 Å². The highest BCUT2D eigenvalue weighted by molar-refractivity contribution is 7.89. The highest BCUT2D eigenvalue weighted by Gasteiger charge is 2.31. The molecular weight excluding hydrogens is 521 g/mol. The number of sulfonamides is 1. The van der Waals surface area contributed by atoms with Crippen molar-refractivity contribution in [2.75, 3.05) is 20.1 Å². The Hall–Kier alpha value is -1.84. The molecular formula is C23H28Cl3N3O4S. The SMILES string of the molecule is CCCCNC(=O)[C@@H](C)N(Cc1c(Cl)cccc1Cl)C(=O)CN(C)S(=O)(=O)c1ccc(Cl)cc1. The molecule has 0 radical (unpaired) electrons. The topological polar surface area (TPSA) is 86.8 Å². The lowest BCUT2D eigenvalue weighted by molar-refractivity contribution is -0.140. The van der Waals surface area contributed by atoms with Crippen LogP contribution in [-0.4, -0.2) is 55.6 Å². The van der Waals surface area contributed by atoms with E-state index < -0.39 is 28.5 Å². The lowest BCUT2D eigenvalue weighted by Gasteiger charge is -2.31. The Morgan fingerprint density at radius 3 is 2.18 bits per heavy atom. The van der Waals surface area contributed by atoms with Gasteiger partial charge >= 0.3 is 0 Å². The van der Waals surface area contributed by atoms with Crippen LogP contribution in [-0.2, 0) is 26.2 Å². The predicted octanol–water partition coefficient (Wildman–Crippen LogP) is 4.60. The minimum absolute atomic E-state index is 0.00162. The summed E-state index contributed by atoms with van der Waals surface area (Å²) in [7, 11) is -2.66. The fraction of sp³-hybridized carbons (Fsp3) is 0.391. The maximum Gasteiger partial charge on any atom is 0.243 e. The molecule has 0 aliphatic carbocycles. The normalized spacial score (nSPS) is 12.4. The average molecular weight is 549 g/mol. The molecule has 0 aliphatic heterocycles. The Morgan fingerprint density at radius 2 is 1.62 bits per heavy atom. The quantitative estimate of drug-likeness (QED) is 0.416. The summed E-state index contributed by atoms with van der Waals surface area (Å²) >= 11 is 18.4. The van der Waals surface area contributed by atoms with Gasteiger partial charge in [0, 0.05) is 40.8 Å². The molecule has 1 atom stereocenters. The van der Waals surface area contributed by atoms with E-state index in [0.29, 0.717) is 27.2 Å². The monoisotopic (exact) mass is 547 g/mol. The summed E-state index contributed by atoms with van der Waals surface area (Å²) < 4.78 is 26.8. The van der Waals surface area contributed by atoms with Crippen LogP contribution in [0.5, 0.6) is 0 Å². The first-order valence-corrected chi connectivity index (χ1v) is 13.3. The Kier molecular flexibility index (Phi) is 10.6. The van der Waals surface area contributed by atoms with Gasteiger partial charge in [-0.1, -0.05) is 54.2 Å². The molecule has 0 spiro atoms. The Bertz CT molecular complexity index is 1090. The smallest absolute Gasteiger partial charge is 0.243 e. The van der Waals surface area contributed by atoms with Gasteiger partial charge in [0.1, 0.15) is 6.04 Å². The first-order chi connectivity index (χ1) is 16.0. The number of likely N-dealkylation sites (N-methyl/N-ethyl adjacent to an activating group) is 1. The Balaban J connectivity index is 2.30. The number of rotatable bonds is 11. The van der Waals surface area contributed by atoms with E-state index >= 15 is 0 Å². The van der Waals surface area contributed by atoms with Crippen LogP contribution in [0.3, 0.4) is 0 Å². The maximum atomic E-state index is 13.3. The maximum absolute atomic E-state index is 13.3. The molecule has 186 valence electrons. The third kappa shape index (κ3) is 7.33. The van der Waals surface area contributed by atoms with Crippen molar-refractivity contribution in [3.63, 3.8) is 0 Å². The highest BCUT2D eigenvalue weighted by atomic mass is 35.5. The van der Waals surface area contributed by atoms with Crippen molar-refractivity contribution in [3.05, 3.63) is 63.1 Å². The largest absolute Gasteiger partial charge is 0.354 e. The summed E-state index contributed by atoms with van der Waals surface area (Å²) in [5.74, 6) is -0.928. The summed E-state index contributed by atoms with van der Waals surface area (Å²) in [5, 5.41) is 3.88. The molecule has 0 unspecified atom stereocenters. The van der Waals surface area contributed by atoms with Crippen molar-refractivity contribution in [2.24, 2.45) is 0 Å². The molecule has 0 saturated carbocycles. The van der Waals surface area contributed by atoms with Crippen LogP contribution in [0, 0.1) is 0 Å². The molecule has 11 heteroatoms. The van der Waals surface area contributed by atoms with Gasteiger partial charge in [-0.3, -0.25) is 9.59 Å². The molecule has 2 aromatic carbocycles. The van der Waals surface area contributed by atoms with E-state index in [-0.39, 0.29) is 17.3 Å². The van der Waals surface area contributed by atoms with Gasteiger partial charge < -0.3 is 10.2 Å². The molecule has 0 fully saturated rings. The predicted molar refractivity (Wildman–Crippen MR) is 136 cm³/mol. The molecule has 0 saturated heterocycles. The molecule has 1 N–H and O–H groups in total. The highest BCUT2D eigenvalue weighted by Crippen LogP contribution is 2.27. The van der Waals surface area contributed by atoms with E-state index in [1.165, 1.54) is 36.2 Å². The summed E-state index contributed by atoms with van der Waals surface area (Å²) in [6, 6.07) is 9.70. The average Bonchev–Trinajstić information content (AvgIpc) is 2.78. The molecule has 0 heterocycles. The fourth-order valence-corrected chi connectivity index (χ4v) is 4.89. The molecule has 7 nitrogen and oxygen atoms in total. The van der Waals surface area contributed by atoms with E-state index in [9.17, 15) is 18.0 Å². The second-order valence-electron chi connectivity index (χ2n) is 7.76. The third-order valence-corrected chi connectivity index (χ3v) is 8.04. The zero-order valence-corrected chi connectivity index (χ0v) is 22.3. The number of hydrogen-bond acceptors (Lipinski definition) is 4. The molecule has 0 aliphatic rings. The van der Waals surface area contributed by atoms with Crippen LogP contribution in [0.15, 0.2) is 47.4 Å². The molecule has 0 bridgehead atoms. The van der Waals surface area contributed by atoms with Crippen molar-refractivity contribution in [1.82, 2.24) is 14.5 Å². The molecule has 2 aromatic rings. The van der Waals surface area contributed by atoms with Crippen LogP contribution in [0.25, 0.3) is 0 Å². The second kappa shape index (κ2) is 12.7. The number of amides is 2. The van der Waals surface area contributed by atoms with Gasteiger partial charge in [0.25, 0.3) is 0 Å². The molecule has 34 heavy (non-hydrogen) atoms. The van der Waals surface area contributed by atoms with Gasteiger partial charge in [-0.25, -0.2) is 8.42 Å². The minimum Gasteiger partial charge on any atom is -0.354 e. The van der Waals surface area contributed by atoms with Gasteiger partial charge in [-0.2, -0.15) is 4.31 Å². The lowest BCUT2D eigenvalue weighted by Crippen LogP contribution is -2.50. The van der Waals surface area contributed by atoms with Crippen molar-refractivity contribution in [2.45, 2.75) is 44.2 Å². The number of halogens is 3. The van der Waals surface area contributed by atoms with Crippen molar-refractivity contribution in [3.8, 4) is 0 Å². The fourth-order valence-electron chi connectivity index (χ4n) is 3.13. The first kappa shape index (κ1) is 28.4. The van der Waals surface area contributed by atoms with Gasteiger partial charge in [-0.05, 0) is 49.7 Å².